The van der Waals surface area contributed by atoms with Gasteiger partial charge in [-0.1, -0.05) is 12.1 Å². The van der Waals surface area contributed by atoms with E-state index in [0.717, 1.165) is 28.9 Å². The molecule has 0 spiro atoms. The monoisotopic (exact) mass is 448 g/mol. The number of methoxy groups -OCH3 is 1. The van der Waals surface area contributed by atoms with Crippen LogP contribution in [0.4, 0.5) is 5.69 Å². The van der Waals surface area contributed by atoms with Gasteiger partial charge >= 0.3 is 0 Å². The summed E-state index contributed by atoms with van der Waals surface area (Å²) in [5.41, 5.74) is 4.10. The Morgan fingerprint density at radius 3 is 2.73 bits per heavy atom. The van der Waals surface area contributed by atoms with Crippen LogP contribution in [0.25, 0.3) is 0 Å². The zero-order valence-electron chi connectivity index (χ0n) is 18.5. The van der Waals surface area contributed by atoms with Crippen LogP contribution in [0.3, 0.4) is 0 Å². The molecule has 33 heavy (non-hydrogen) atoms. The van der Waals surface area contributed by atoms with Crippen LogP contribution < -0.4 is 20.7 Å². The van der Waals surface area contributed by atoms with Gasteiger partial charge in [0, 0.05) is 49.8 Å². The number of pyridine rings is 1. The normalized spacial score (nSPS) is 15.6. The van der Waals surface area contributed by atoms with E-state index < -0.39 is 0 Å². The number of phenolic OH excluding ortho intramolecular Hbond substituents is 1. The SMILES string of the molecule is COc1ccc(CNC(=O)c2cc(NCc3ccncc3)ccc2C2CNCCO2)cc1O. The number of amides is 1. The second kappa shape index (κ2) is 10.8. The molecule has 0 aliphatic carbocycles. The van der Waals surface area contributed by atoms with E-state index in [1.807, 2.05) is 30.3 Å². The van der Waals surface area contributed by atoms with Crippen LogP contribution in [0.2, 0.25) is 0 Å². The van der Waals surface area contributed by atoms with Crippen molar-refractivity contribution in [2.75, 3.05) is 32.1 Å². The first-order valence-electron chi connectivity index (χ1n) is 10.9. The van der Waals surface area contributed by atoms with Gasteiger partial charge in [0.25, 0.3) is 5.91 Å². The molecule has 8 nitrogen and oxygen atoms in total. The number of anilines is 1. The summed E-state index contributed by atoms with van der Waals surface area (Å²) in [6.07, 6.45) is 3.31. The molecule has 3 aromatic rings. The van der Waals surface area contributed by atoms with Gasteiger partial charge in [-0.05, 0) is 53.1 Å². The number of phenols is 1. The quantitative estimate of drug-likeness (QED) is 0.420. The van der Waals surface area contributed by atoms with Crippen molar-refractivity contribution in [2.24, 2.45) is 0 Å². The fourth-order valence-electron chi connectivity index (χ4n) is 3.74. The van der Waals surface area contributed by atoms with Crippen molar-refractivity contribution >= 4 is 11.6 Å². The van der Waals surface area contributed by atoms with E-state index in [9.17, 15) is 9.90 Å². The lowest BCUT2D eigenvalue weighted by Crippen LogP contribution is -2.35. The van der Waals surface area contributed by atoms with E-state index in [4.69, 9.17) is 9.47 Å². The summed E-state index contributed by atoms with van der Waals surface area (Å²) in [7, 11) is 1.50. The molecule has 4 rings (SSSR count). The van der Waals surface area contributed by atoms with E-state index in [1.165, 1.54) is 7.11 Å². The van der Waals surface area contributed by atoms with Crippen LogP contribution in [-0.2, 0) is 17.8 Å². The Balaban J connectivity index is 1.52. The Morgan fingerprint density at radius 2 is 2.00 bits per heavy atom. The first-order valence-corrected chi connectivity index (χ1v) is 10.9. The van der Waals surface area contributed by atoms with Crippen molar-refractivity contribution in [2.45, 2.75) is 19.2 Å². The topological polar surface area (TPSA) is 105 Å². The molecule has 1 unspecified atom stereocenters. The number of carbonyl (C=O) groups is 1. The molecule has 2 aromatic carbocycles. The number of carbonyl (C=O) groups excluding carboxylic acids is 1. The maximum absolute atomic E-state index is 13.2. The van der Waals surface area contributed by atoms with Gasteiger partial charge in [0.2, 0.25) is 0 Å². The molecule has 1 fully saturated rings. The van der Waals surface area contributed by atoms with Gasteiger partial charge < -0.3 is 30.5 Å². The van der Waals surface area contributed by atoms with Gasteiger partial charge in [-0.15, -0.1) is 0 Å². The number of benzene rings is 2. The molecule has 1 atom stereocenters. The third-order valence-electron chi connectivity index (χ3n) is 5.51. The third kappa shape index (κ3) is 5.79. The molecule has 1 amide bonds. The minimum atomic E-state index is -0.206. The lowest BCUT2D eigenvalue weighted by molar-refractivity contribution is 0.0270. The van der Waals surface area contributed by atoms with Crippen molar-refractivity contribution < 1.29 is 19.4 Å². The maximum atomic E-state index is 13.2. The van der Waals surface area contributed by atoms with Crippen LogP contribution in [0.5, 0.6) is 11.5 Å². The highest BCUT2D eigenvalue weighted by Crippen LogP contribution is 2.28. The van der Waals surface area contributed by atoms with Crippen molar-refractivity contribution in [1.82, 2.24) is 15.6 Å². The minimum Gasteiger partial charge on any atom is -0.504 e. The van der Waals surface area contributed by atoms with Crippen LogP contribution >= 0.6 is 0 Å². The molecule has 0 bridgehead atoms. The fourth-order valence-corrected chi connectivity index (χ4v) is 3.74. The largest absolute Gasteiger partial charge is 0.504 e. The first kappa shape index (κ1) is 22.6. The standard InChI is InChI=1S/C25H28N4O4/c1-32-23-5-2-18(12-22(23)30)15-29-25(31)21-13-19(28-14-17-6-8-26-9-7-17)3-4-20(21)24-16-27-10-11-33-24/h2-9,12-13,24,27-28,30H,10-11,14-16H2,1H3,(H,29,31). The van der Waals surface area contributed by atoms with Gasteiger partial charge in [0.15, 0.2) is 11.5 Å². The lowest BCUT2D eigenvalue weighted by atomic mass is 9.99. The van der Waals surface area contributed by atoms with Crippen molar-refractivity contribution in [3.63, 3.8) is 0 Å². The average molecular weight is 449 g/mol. The van der Waals surface area contributed by atoms with Crippen molar-refractivity contribution in [1.29, 1.82) is 0 Å². The molecule has 1 aliphatic heterocycles. The van der Waals surface area contributed by atoms with E-state index in [2.05, 4.69) is 20.9 Å². The van der Waals surface area contributed by atoms with Gasteiger partial charge in [-0.25, -0.2) is 0 Å². The number of hydrogen-bond donors (Lipinski definition) is 4. The Hall–Kier alpha value is -3.62. The van der Waals surface area contributed by atoms with E-state index in [-0.39, 0.29) is 24.3 Å². The van der Waals surface area contributed by atoms with Crippen LogP contribution in [-0.4, -0.2) is 42.8 Å². The summed E-state index contributed by atoms with van der Waals surface area (Å²) in [6, 6.07) is 14.7. The molecule has 172 valence electrons. The van der Waals surface area contributed by atoms with Crippen molar-refractivity contribution in [3.05, 3.63) is 83.2 Å². The predicted octanol–water partition coefficient (Wildman–Crippen LogP) is 3.00. The number of morpholine rings is 1. The highest BCUT2D eigenvalue weighted by atomic mass is 16.5. The van der Waals surface area contributed by atoms with Gasteiger partial charge in [-0.3, -0.25) is 9.78 Å². The van der Waals surface area contributed by atoms with E-state index in [1.54, 1.807) is 30.6 Å². The minimum absolute atomic E-state index is 0.0360. The van der Waals surface area contributed by atoms with E-state index in [0.29, 0.717) is 31.0 Å². The predicted molar refractivity (Wildman–Crippen MR) is 125 cm³/mol. The molecule has 0 saturated carbocycles. The molecule has 8 heteroatoms. The molecular formula is C25H28N4O4. The molecular weight excluding hydrogens is 420 g/mol. The molecule has 1 aliphatic rings. The van der Waals surface area contributed by atoms with Crippen LogP contribution in [0, 0.1) is 0 Å². The summed E-state index contributed by atoms with van der Waals surface area (Å²) in [5, 5.41) is 19.6. The number of aromatic hydroxyl groups is 1. The molecule has 1 saturated heterocycles. The lowest BCUT2D eigenvalue weighted by Gasteiger charge is -2.26. The number of hydrogen-bond acceptors (Lipinski definition) is 7. The molecule has 0 radical (unpaired) electrons. The summed E-state index contributed by atoms with van der Waals surface area (Å²) in [6.45, 7) is 2.93. The van der Waals surface area contributed by atoms with Gasteiger partial charge in [-0.2, -0.15) is 0 Å². The number of nitrogens with one attached hydrogen (secondary N) is 3. The molecule has 1 aromatic heterocycles. The van der Waals surface area contributed by atoms with Crippen LogP contribution in [0.15, 0.2) is 60.9 Å². The number of nitrogens with zero attached hydrogens (tertiary/aromatic N) is 1. The molecule has 2 heterocycles. The smallest absolute Gasteiger partial charge is 0.252 e. The second-order valence-electron chi connectivity index (χ2n) is 7.76. The third-order valence-corrected chi connectivity index (χ3v) is 5.51. The average Bonchev–Trinajstić information content (AvgIpc) is 2.87. The summed E-state index contributed by atoms with van der Waals surface area (Å²) < 4.78 is 11.0. The zero-order chi connectivity index (χ0) is 23.0. The summed E-state index contributed by atoms with van der Waals surface area (Å²) in [4.78, 5) is 17.2. The summed E-state index contributed by atoms with van der Waals surface area (Å²) >= 11 is 0. The number of aromatic nitrogens is 1. The Kier molecular flexibility index (Phi) is 7.39. The van der Waals surface area contributed by atoms with Gasteiger partial charge in [0.1, 0.15) is 0 Å². The maximum Gasteiger partial charge on any atom is 0.252 e. The Morgan fingerprint density at radius 1 is 1.15 bits per heavy atom. The summed E-state index contributed by atoms with van der Waals surface area (Å²) in [5.74, 6) is 0.221. The highest BCUT2D eigenvalue weighted by molar-refractivity contribution is 5.96. The zero-order valence-corrected chi connectivity index (χ0v) is 18.5. The fraction of sp³-hybridized carbons (Fsp3) is 0.280. The van der Waals surface area contributed by atoms with Crippen molar-refractivity contribution in [3.8, 4) is 11.5 Å². The Bertz CT molecular complexity index is 1090. The van der Waals surface area contributed by atoms with Gasteiger partial charge in [0.05, 0.1) is 19.8 Å². The van der Waals surface area contributed by atoms with E-state index >= 15 is 0 Å². The number of ether oxygens (including phenoxy) is 2. The number of rotatable bonds is 8. The van der Waals surface area contributed by atoms with Crippen LogP contribution in [0.1, 0.15) is 33.2 Å². The molecule has 4 N–H and O–H groups in total. The highest BCUT2D eigenvalue weighted by Gasteiger charge is 2.22. The first-order chi connectivity index (χ1) is 16.1. The Labute approximate surface area is 193 Å². The second-order valence-corrected chi connectivity index (χ2v) is 7.76.